The van der Waals surface area contributed by atoms with E-state index >= 15 is 0 Å². The molecule has 1 N–H and O–H groups in total. The van der Waals surface area contributed by atoms with Gasteiger partial charge in [-0.3, -0.25) is 0 Å². The molecule has 0 amide bonds. The van der Waals surface area contributed by atoms with Crippen molar-refractivity contribution in [2.24, 2.45) is 5.92 Å². The molecule has 0 aromatic rings. The van der Waals surface area contributed by atoms with Gasteiger partial charge in [-0.05, 0) is 18.9 Å². The molecule has 0 saturated carbocycles. The fourth-order valence-electron chi connectivity index (χ4n) is 1.17. The molecule has 2 heteroatoms. The quantitative estimate of drug-likeness (QED) is 0.461. The maximum absolute atomic E-state index is 9.91. The standard InChI is InChI=1S/C8H13NO/c10-6-2-1-3-8-4-5-9-7-8/h1,3,6,8-9H,2,4-5,7H2/b3-1-. The molecule has 2 nitrogen and oxygen atoms in total. The van der Waals surface area contributed by atoms with Crippen LogP contribution >= 0.6 is 0 Å². The smallest absolute Gasteiger partial charge is 0.123 e. The molecule has 0 aliphatic carbocycles. The lowest BCUT2D eigenvalue weighted by molar-refractivity contribution is -0.107. The molecule has 1 aliphatic rings. The molecule has 0 radical (unpaired) electrons. The summed E-state index contributed by atoms with van der Waals surface area (Å²) in [6.07, 6.45) is 6.80. The van der Waals surface area contributed by atoms with Gasteiger partial charge in [-0.15, -0.1) is 0 Å². The Labute approximate surface area is 61.3 Å². The average Bonchev–Trinajstić information content (AvgIpc) is 2.41. The van der Waals surface area contributed by atoms with Crippen molar-refractivity contribution in [3.05, 3.63) is 12.2 Å². The molecule has 0 aromatic carbocycles. The summed E-state index contributed by atoms with van der Waals surface area (Å²) in [5.41, 5.74) is 0. The van der Waals surface area contributed by atoms with E-state index in [1.54, 1.807) is 0 Å². The minimum Gasteiger partial charge on any atom is -0.316 e. The van der Waals surface area contributed by atoms with E-state index in [9.17, 15) is 4.79 Å². The van der Waals surface area contributed by atoms with E-state index in [1.165, 1.54) is 6.42 Å². The number of allylic oxidation sites excluding steroid dienone is 1. The summed E-state index contributed by atoms with van der Waals surface area (Å²) in [5, 5.41) is 3.26. The third kappa shape index (κ3) is 2.31. The van der Waals surface area contributed by atoms with E-state index in [-0.39, 0.29) is 0 Å². The molecule has 1 heterocycles. The van der Waals surface area contributed by atoms with Crippen LogP contribution in [0.5, 0.6) is 0 Å². The highest BCUT2D eigenvalue weighted by molar-refractivity contribution is 5.51. The van der Waals surface area contributed by atoms with E-state index in [0.29, 0.717) is 12.3 Å². The molecule has 1 fully saturated rings. The highest BCUT2D eigenvalue weighted by atomic mass is 16.1. The topological polar surface area (TPSA) is 29.1 Å². The van der Waals surface area contributed by atoms with Crippen LogP contribution < -0.4 is 5.32 Å². The van der Waals surface area contributed by atoms with Crippen molar-refractivity contribution in [2.45, 2.75) is 12.8 Å². The Balaban J connectivity index is 2.16. The second-order valence-corrected chi connectivity index (χ2v) is 2.58. The first-order valence-electron chi connectivity index (χ1n) is 3.74. The monoisotopic (exact) mass is 139 g/mol. The number of carbonyl (C=O) groups excluding carboxylic acids is 1. The van der Waals surface area contributed by atoms with Gasteiger partial charge < -0.3 is 10.1 Å². The predicted molar refractivity (Wildman–Crippen MR) is 40.8 cm³/mol. The number of aldehydes is 1. The highest BCUT2D eigenvalue weighted by Crippen LogP contribution is 2.08. The van der Waals surface area contributed by atoms with Crippen LogP contribution in [0.25, 0.3) is 0 Å². The number of nitrogens with one attached hydrogen (secondary N) is 1. The SMILES string of the molecule is O=CC/C=C\C1CCNC1. The zero-order valence-electron chi connectivity index (χ0n) is 6.05. The normalized spacial score (nSPS) is 25.8. The number of rotatable bonds is 3. The van der Waals surface area contributed by atoms with Gasteiger partial charge in [0.2, 0.25) is 0 Å². The molecule has 0 bridgehead atoms. The van der Waals surface area contributed by atoms with E-state index in [1.807, 2.05) is 6.08 Å². The van der Waals surface area contributed by atoms with Gasteiger partial charge in [0.05, 0.1) is 0 Å². The highest BCUT2D eigenvalue weighted by Gasteiger charge is 2.09. The minimum absolute atomic E-state index is 0.566. The lowest BCUT2D eigenvalue weighted by Gasteiger charge is -1.96. The van der Waals surface area contributed by atoms with Crippen molar-refractivity contribution in [3.63, 3.8) is 0 Å². The summed E-state index contributed by atoms with van der Waals surface area (Å²) in [4.78, 5) is 9.91. The van der Waals surface area contributed by atoms with Crippen molar-refractivity contribution in [3.8, 4) is 0 Å². The third-order valence-electron chi connectivity index (χ3n) is 1.74. The maximum atomic E-state index is 9.91. The van der Waals surface area contributed by atoms with Gasteiger partial charge in [-0.25, -0.2) is 0 Å². The van der Waals surface area contributed by atoms with Crippen molar-refractivity contribution >= 4 is 6.29 Å². The van der Waals surface area contributed by atoms with E-state index in [2.05, 4.69) is 11.4 Å². The van der Waals surface area contributed by atoms with E-state index in [0.717, 1.165) is 19.4 Å². The summed E-state index contributed by atoms with van der Waals surface area (Å²) in [6.45, 7) is 2.20. The Morgan fingerprint density at radius 1 is 1.60 bits per heavy atom. The van der Waals surface area contributed by atoms with Gasteiger partial charge in [0.25, 0.3) is 0 Å². The van der Waals surface area contributed by atoms with Crippen LogP contribution in [0.1, 0.15) is 12.8 Å². The fourth-order valence-corrected chi connectivity index (χ4v) is 1.17. The minimum atomic E-state index is 0.566. The van der Waals surface area contributed by atoms with Gasteiger partial charge in [-0.1, -0.05) is 12.2 Å². The van der Waals surface area contributed by atoms with E-state index in [4.69, 9.17) is 0 Å². The molecule has 1 rings (SSSR count). The van der Waals surface area contributed by atoms with Crippen LogP contribution in [0, 0.1) is 5.92 Å². The van der Waals surface area contributed by atoms with Crippen molar-refractivity contribution in [2.75, 3.05) is 13.1 Å². The summed E-state index contributed by atoms with van der Waals surface area (Å²) in [6, 6.07) is 0. The van der Waals surface area contributed by atoms with E-state index < -0.39 is 0 Å². The molecule has 56 valence electrons. The Morgan fingerprint density at radius 3 is 3.10 bits per heavy atom. The molecule has 1 aliphatic heterocycles. The van der Waals surface area contributed by atoms with Crippen LogP contribution in [-0.2, 0) is 4.79 Å². The largest absolute Gasteiger partial charge is 0.316 e. The van der Waals surface area contributed by atoms with Crippen LogP contribution in [0.15, 0.2) is 12.2 Å². The molecular weight excluding hydrogens is 126 g/mol. The van der Waals surface area contributed by atoms with Crippen LogP contribution in [0.4, 0.5) is 0 Å². The predicted octanol–water partition coefficient (Wildman–Crippen LogP) is 0.741. The molecule has 10 heavy (non-hydrogen) atoms. The molecular formula is C8H13NO. The van der Waals surface area contributed by atoms with Gasteiger partial charge in [-0.2, -0.15) is 0 Å². The first-order valence-corrected chi connectivity index (χ1v) is 3.74. The summed E-state index contributed by atoms with van der Waals surface area (Å²) < 4.78 is 0. The fraction of sp³-hybridized carbons (Fsp3) is 0.625. The molecule has 1 atom stereocenters. The first kappa shape index (κ1) is 7.48. The molecule has 0 spiro atoms. The lowest BCUT2D eigenvalue weighted by atomic mass is 10.1. The summed E-state index contributed by atoms with van der Waals surface area (Å²) >= 11 is 0. The van der Waals surface area contributed by atoms with Crippen LogP contribution in [-0.4, -0.2) is 19.4 Å². The second kappa shape index (κ2) is 4.23. The van der Waals surface area contributed by atoms with Gasteiger partial charge in [0.15, 0.2) is 0 Å². The first-order chi connectivity index (χ1) is 4.93. The lowest BCUT2D eigenvalue weighted by Crippen LogP contribution is -2.07. The van der Waals surface area contributed by atoms with Crippen LogP contribution in [0.2, 0.25) is 0 Å². The van der Waals surface area contributed by atoms with Gasteiger partial charge in [0, 0.05) is 13.0 Å². The Kier molecular flexibility index (Phi) is 3.16. The molecule has 1 unspecified atom stereocenters. The summed E-state index contributed by atoms with van der Waals surface area (Å²) in [5.74, 6) is 0.667. The van der Waals surface area contributed by atoms with Crippen molar-refractivity contribution in [1.29, 1.82) is 0 Å². The zero-order chi connectivity index (χ0) is 7.23. The number of hydrogen-bond acceptors (Lipinski definition) is 2. The third-order valence-corrected chi connectivity index (χ3v) is 1.74. The molecule has 1 saturated heterocycles. The second-order valence-electron chi connectivity index (χ2n) is 2.58. The van der Waals surface area contributed by atoms with Crippen molar-refractivity contribution in [1.82, 2.24) is 5.32 Å². The van der Waals surface area contributed by atoms with Gasteiger partial charge in [0.1, 0.15) is 6.29 Å². The average molecular weight is 139 g/mol. The zero-order valence-corrected chi connectivity index (χ0v) is 6.05. The Hall–Kier alpha value is -0.630. The maximum Gasteiger partial charge on any atom is 0.123 e. The van der Waals surface area contributed by atoms with Gasteiger partial charge >= 0.3 is 0 Å². The van der Waals surface area contributed by atoms with Crippen molar-refractivity contribution < 1.29 is 4.79 Å². The summed E-state index contributed by atoms with van der Waals surface area (Å²) in [7, 11) is 0. The number of carbonyl (C=O) groups is 1. The van der Waals surface area contributed by atoms with Crippen LogP contribution in [0.3, 0.4) is 0 Å². The number of hydrogen-bond donors (Lipinski definition) is 1. The Bertz CT molecular complexity index is 125. The molecule has 0 aromatic heterocycles. The Morgan fingerprint density at radius 2 is 2.50 bits per heavy atom.